The maximum absolute atomic E-state index is 9.30. The lowest BCUT2D eigenvalue weighted by molar-refractivity contribution is 0.247. The molecule has 0 spiro atoms. The smallest absolute Gasteiger partial charge is 0.170 e. The standard InChI is InChI=1S/C21H22N4OS/c26-14-6-12-25-20(19(23-21(25)27)18-9-4-5-11-22-18)16-10-13-24(15-16)17-7-2-1-3-8-17/h1-5,7-11,13,15,19-20,26H,6,12,14H2,(H,23,27)/t19-,20-/m0/s1. The minimum atomic E-state index is -0.0241. The van der Waals surface area contributed by atoms with E-state index in [4.69, 9.17) is 12.2 Å². The second kappa shape index (κ2) is 7.90. The number of pyridine rings is 1. The number of thiocarbonyl (C=S) groups is 1. The first-order valence-corrected chi connectivity index (χ1v) is 9.51. The summed E-state index contributed by atoms with van der Waals surface area (Å²) in [5.74, 6) is 0. The molecule has 0 amide bonds. The minimum absolute atomic E-state index is 0.0241. The van der Waals surface area contributed by atoms with Gasteiger partial charge in [-0.2, -0.15) is 0 Å². The molecule has 138 valence electrons. The summed E-state index contributed by atoms with van der Waals surface area (Å²) in [6.45, 7) is 0.845. The molecule has 0 unspecified atom stereocenters. The Kier molecular flexibility index (Phi) is 5.18. The van der Waals surface area contributed by atoms with Crippen LogP contribution >= 0.6 is 12.2 Å². The van der Waals surface area contributed by atoms with E-state index < -0.39 is 0 Å². The fraction of sp³-hybridized carbons (Fsp3) is 0.238. The van der Waals surface area contributed by atoms with E-state index in [0.717, 1.165) is 11.4 Å². The highest BCUT2D eigenvalue weighted by Crippen LogP contribution is 2.38. The summed E-state index contributed by atoms with van der Waals surface area (Å²) in [6.07, 6.45) is 6.71. The highest BCUT2D eigenvalue weighted by molar-refractivity contribution is 7.80. The maximum atomic E-state index is 9.30. The number of benzene rings is 1. The average molecular weight is 379 g/mol. The van der Waals surface area contributed by atoms with Gasteiger partial charge in [0.1, 0.15) is 0 Å². The summed E-state index contributed by atoms with van der Waals surface area (Å²) >= 11 is 5.61. The molecule has 0 aliphatic carbocycles. The third-order valence-electron chi connectivity index (χ3n) is 4.87. The highest BCUT2D eigenvalue weighted by Gasteiger charge is 2.39. The van der Waals surface area contributed by atoms with Gasteiger partial charge in [0.15, 0.2) is 5.11 Å². The van der Waals surface area contributed by atoms with Crippen molar-refractivity contribution in [1.82, 2.24) is 19.8 Å². The molecule has 0 radical (unpaired) electrons. The first-order chi connectivity index (χ1) is 13.3. The SMILES string of the molecule is OCCCN1C(=S)N[C@@H](c2ccccn2)[C@@H]1c1ccn(-c2ccccc2)c1. The summed E-state index contributed by atoms with van der Waals surface area (Å²) in [5, 5.41) is 13.4. The van der Waals surface area contributed by atoms with E-state index in [1.165, 1.54) is 5.56 Å². The minimum Gasteiger partial charge on any atom is -0.396 e. The quantitative estimate of drug-likeness (QED) is 0.645. The summed E-state index contributed by atoms with van der Waals surface area (Å²) in [6, 6.07) is 18.3. The summed E-state index contributed by atoms with van der Waals surface area (Å²) in [7, 11) is 0. The summed E-state index contributed by atoms with van der Waals surface area (Å²) < 4.78 is 2.12. The van der Waals surface area contributed by atoms with E-state index in [1.54, 1.807) is 0 Å². The fourth-order valence-corrected chi connectivity index (χ4v) is 3.93. The Morgan fingerprint density at radius 3 is 2.63 bits per heavy atom. The Hall–Kier alpha value is -2.70. The normalized spacial score (nSPS) is 19.3. The zero-order valence-electron chi connectivity index (χ0n) is 14.9. The number of nitrogens with one attached hydrogen (secondary N) is 1. The van der Waals surface area contributed by atoms with Crippen LogP contribution in [0.4, 0.5) is 0 Å². The van der Waals surface area contributed by atoms with E-state index in [1.807, 2.05) is 42.6 Å². The van der Waals surface area contributed by atoms with Crippen molar-refractivity contribution >= 4 is 17.3 Å². The van der Waals surface area contributed by atoms with E-state index in [0.29, 0.717) is 18.1 Å². The van der Waals surface area contributed by atoms with Crippen LogP contribution in [0.25, 0.3) is 5.69 Å². The van der Waals surface area contributed by atoms with Crippen molar-refractivity contribution in [2.75, 3.05) is 13.2 Å². The first-order valence-electron chi connectivity index (χ1n) is 9.10. The van der Waals surface area contributed by atoms with Gasteiger partial charge in [0.05, 0.1) is 17.8 Å². The zero-order valence-corrected chi connectivity index (χ0v) is 15.7. The number of aliphatic hydroxyl groups excluding tert-OH is 1. The van der Waals surface area contributed by atoms with Crippen LogP contribution in [0.15, 0.2) is 73.2 Å². The Bertz CT molecular complexity index is 897. The van der Waals surface area contributed by atoms with Crippen LogP contribution in [0.3, 0.4) is 0 Å². The van der Waals surface area contributed by atoms with E-state index in [2.05, 4.69) is 50.4 Å². The summed E-state index contributed by atoms with van der Waals surface area (Å²) in [5.41, 5.74) is 3.25. The first kappa shape index (κ1) is 17.7. The monoisotopic (exact) mass is 378 g/mol. The average Bonchev–Trinajstić information content (AvgIpc) is 3.32. The van der Waals surface area contributed by atoms with Gasteiger partial charge in [-0.15, -0.1) is 0 Å². The molecule has 2 aromatic heterocycles. The largest absolute Gasteiger partial charge is 0.396 e. The van der Waals surface area contributed by atoms with Crippen molar-refractivity contribution in [2.24, 2.45) is 0 Å². The van der Waals surface area contributed by atoms with Crippen molar-refractivity contribution in [3.63, 3.8) is 0 Å². The molecule has 1 aliphatic heterocycles. The van der Waals surface area contributed by atoms with Crippen LogP contribution in [0, 0.1) is 0 Å². The molecule has 2 N–H and O–H groups in total. The molecule has 4 rings (SSSR count). The van der Waals surface area contributed by atoms with Crippen LogP contribution in [0.5, 0.6) is 0 Å². The third-order valence-corrected chi connectivity index (χ3v) is 5.22. The topological polar surface area (TPSA) is 53.3 Å². The molecule has 1 aromatic carbocycles. The molecule has 0 bridgehead atoms. The van der Waals surface area contributed by atoms with Crippen LogP contribution < -0.4 is 5.32 Å². The van der Waals surface area contributed by atoms with Crippen LogP contribution in [-0.2, 0) is 0 Å². The lowest BCUT2D eigenvalue weighted by Gasteiger charge is -2.27. The molecule has 27 heavy (non-hydrogen) atoms. The number of hydrogen-bond acceptors (Lipinski definition) is 3. The maximum Gasteiger partial charge on any atom is 0.170 e. The van der Waals surface area contributed by atoms with Crippen LogP contribution in [0.1, 0.15) is 29.8 Å². The lowest BCUT2D eigenvalue weighted by atomic mass is 9.99. The van der Waals surface area contributed by atoms with E-state index in [-0.39, 0.29) is 18.7 Å². The number of aromatic nitrogens is 2. The van der Waals surface area contributed by atoms with E-state index >= 15 is 0 Å². The van der Waals surface area contributed by atoms with Gasteiger partial charge in [-0.25, -0.2) is 0 Å². The predicted octanol–water partition coefficient (Wildman–Crippen LogP) is 3.23. The lowest BCUT2D eigenvalue weighted by Crippen LogP contribution is -2.31. The molecule has 1 saturated heterocycles. The van der Waals surface area contributed by atoms with Crippen molar-refractivity contribution in [2.45, 2.75) is 18.5 Å². The molecule has 1 fully saturated rings. The van der Waals surface area contributed by atoms with Crippen molar-refractivity contribution in [1.29, 1.82) is 0 Å². The van der Waals surface area contributed by atoms with Gasteiger partial charge >= 0.3 is 0 Å². The highest BCUT2D eigenvalue weighted by atomic mass is 32.1. The third kappa shape index (κ3) is 3.59. The number of rotatable bonds is 6. The summed E-state index contributed by atoms with van der Waals surface area (Å²) in [4.78, 5) is 6.71. The Morgan fingerprint density at radius 2 is 1.89 bits per heavy atom. The molecular weight excluding hydrogens is 356 g/mol. The van der Waals surface area contributed by atoms with E-state index in [9.17, 15) is 5.11 Å². The van der Waals surface area contributed by atoms with Crippen molar-refractivity contribution in [3.8, 4) is 5.69 Å². The number of nitrogens with zero attached hydrogens (tertiary/aromatic N) is 3. The zero-order chi connectivity index (χ0) is 18.6. The van der Waals surface area contributed by atoms with Gasteiger partial charge in [0, 0.05) is 37.4 Å². The van der Waals surface area contributed by atoms with Gasteiger partial charge in [-0.3, -0.25) is 4.98 Å². The molecule has 3 aromatic rings. The van der Waals surface area contributed by atoms with Gasteiger partial charge in [-0.1, -0.05) is 24.3 Å². The van der Waals surface area contributed by atoms with Crippen molar-refractivity contribution < 1.29 is 5.11 Å². The second-order valence-electron chi connectivity index (χ2n) is 6.58. The van der Waals surface area contributed by atoms with Crippen LogP contribution in [0.2, 0.25) is 0 Å². The van der Waals surface area contributed by atoms with Gasteiger partial charge < -0.3 is 19.9 Å². The Balaban J connectivity index is 1.70. The van der Waals surface area contributed by atoms with Gasteiger partial charge in [0.2, 0.25) is 0 Å². The van der Waals surface area contributed by atoms with Gasteiger partial charge in [0.25, 0.3) is 0 Å². The predicted molar refractivity (Wildman–Crippen MR) is 110 cm³/mol. The Labute approximate surface area is 164 Å². The second-order valence-corrected chi connectivity index (χ2v) is 6.97. The van der Waals surface area contributed by atoms with Gasteiger partial charge in [-0.05, 0) is 54.5 Å². The Morgan fingerprint density at radius 1 is 1.07 bits per heavy atom. The number of aliphatic hydroxyl groups is 1. The molecular formula is C21H22N4OS. The molecule has 2 atom stereocenters. The molecule has 1 aliphatic rings. The number of hydrogen-bond donors (Lipinski definition) is 2. The molecule has 3 heterocycles. The fourth-order valence-electron chi connectivity index (χ4n) is 3.60. The molecule has 6 heteroatoms. The van der Waals surface area contributed by atoms with Crippen molar-refractivity contribution in [3.05, 3.63) is 84.4 Å². The molecule has 5 nitrogen and oxygen atoms in total. The van der Waals surface area contributed by atoms with Crippen LogP contribution in [-0.4, -0.2) is 37.8 Å². The number of para-hydroxylation sites is 1. The molecule has 0 saturated carbocycles.